The van der Waals surface area contributed by atoms with Crippen molar-refractivity contribution in [2.45, 2.75) is 13.5 Å². The predicted octanol–water partition coefficient (Wildman–Crippen LogP) is 2.19. The van der Waals surface area contributed by atoms with Crippen LogP contribution in [-0.4, -0.2) is 10.9 Å². The molecule has 0 fully saturated rings. The van der Waals surface area contributed by atoms with Crippen molar-refractivity contribution < 1.29 is 4.79 Å². The van der Waals surface area contributed by atoms with Gasteiger partial charge in [0.2, 0.25) is 0 Å². The molecule has 0 spiro atoms. The Bertz CT molecular complexity index is 644. The summed E-state index contributed by atoms with van der Waals surface area (Å²) in [6.45, 7) is 2.43. The minimum absolute atomic E-state index is 0.286. The van der Waals surface area contributed by atoms with Gasteiger partial charge in [-0.05, 0) is 18.6 Å². The van der Waals surface area contributed by atoms with Crippen LogP contribution >= 0.6 is 0 Å². The molecule has 1 aromatic carbocycles. The van der Waals surface area contributed by atoms with Gasteiger partial charge >= 0.3 is 0 Å². The maximum Gasteiger partial charge on any atom is 0.254 e. The van der Waals surface area contributed by atoms with Crippen LogP contribution in [0.5, 0.6) is 0 Å². The van der Waals surface area contributed by atoms with E-state index in [-0.39, 0.29) is 5.91 Å². The van der Waals surface area contributed by atoms with Crippen LogP contribution in [0.2, 0.25) is 0 Å². The fraction of sp³-hybridized carbons (Fsp3) is 0.133. The Morgan fingerprint density at radius 1 is 1.42 bits per heavy atom. The SMILES string of the molecule is Cc1cccc(CNC(=O)c2cnccc2C#N)c1. The van der Waals surface area contributed by atoms with Crippen LogP contribution in [0.3, 0.4) is 0 Å². The largest absolute Gasteiger partial charge is 0.348 e. The molecule has 4 nitrogen and oxygen atoms in total. The van der Waals surface area contributed by atoms with Gasteiger partial charge in [0.1, 0.15) is 6.07 Å². The van der Waals surface area contributed by atoms with Crippen molar-refractivity contribution in [3.05, 3.63) is 65.0 Å². The van der Waals surface area contributed by atoms with E-state index in [4.69, 9.17) is 5.26 Å². The van der Waals surface area contributed by atoms with E-state index < -0.39 is 0 Å². The van der Waals surface area contributed by atoms with Crippen LogP contribution in [0.4, 0.5) is 0 Å². The molecule has 4 heteroatoms. The van der Waals surface area contributed by atoms with E-state index in [0.717, 1.165) is 11.1 Å². The first-order chi connectivity index (χ1) is 9.20. The zero-order chi connectivity index (χ0) is 13.7. The third-order valence-corrected chi connectivity index (χ3v) is 2.72. The van der Waals surface area contributed by atoms with E-state index >= 15 is 0 Å². The van der Waals surface area contributed by atoms with Crippen LogP contribution in [0, 0.1) is 18.3 Å². The highest BCUT2D eigenvalue weighted by atomic mass is 16.1. The van der Waals surface area contributed by atoms with Crippen LogP contribution in [0.1, 0.15) is 27.0 Å². The standard InChI is InChI=1S/C15H13N3O/c1-11-3-2-4-12(7-11)9-18-15(19)14-10-17-6-5-13(14)8-16/h2-7,10H,9H2,1H3,(H,18,19). The maximum atomic E-state index is 12.0. The zero-order valence-electron chi connectivity index (χ0n) is 10.6. The summed E-state index contributed by atoms with van der Waals surface area (Å²) in [4.78, 5) is 15.9. The van der Waals surface area contributed by atoms with Gasteiger partial charge in [0, 0.05) is 18.9 Å². The highest BCUT2D eigenvalue weighted by Crippen LogP contribution is 2.07. The molecule has 1 amide bonds. The number of aryl methyl sites for hydroxylation is 1. The van der Waals surface area contributed by atoms with Gasteiger partial charge in [-0.25, -0.2) is 0 Å². The molecule has 1 aromatic heterocycles. The predicted molar refractivity (Wildman–Crippen MR) is 71.3 cm³/mol. The molecule has 0 bridgehead atoms. The first-order valence-electron chi connectivity index (χ1n) is 5.88. The molecule has 19 heavy (non-hydrogen) atoms. The Morgan fingerprint density at radius 2 is 2.26 bits per heavy atom. The number of nitriles is 1. The van der Waals surface area contributed by atoms with E-state index in [1.807, 2.05) is 37.3 Å². The Balaban J connectivity index is 2.08. The molecule has 0 atom stereocenters. The van der Waals surface area contributed by atoms with Crippen LogP contribution in [-0.2, 0) is 6.54 Å². The van der Waals surface area contributed by atoms with Gasteiger partial charge in [-0.15, -0.1) is 0 Å². The van der Waals surface area contributed by atoms with Crippen LogP contribution in [0.15, 0.2) is 42.7 Å². The molecule has 2 rings (SSSR count). The van der Waals surface area contributed by atoms with Crippen molar-refractivity contribution in [3.63, 3.8) is 0 Å². The molecule has 0 aliphatic heterocycles. The zero-order valence-corrected chi connectivity index (χ0v) is 10.6. The molecular weight excluding hydrogens is 238 g/mol. The summed E-state index contributed by atoms with van der Waals surface area (Å²) < 4.78 is 0. The van der Waals surface area contributed by atoms with Gasteiger partial charge < -0.3 is 5.32 Å². The number of amides is 1. The summed E-state index contributed by atoms with van der Waals surface area (Å²) in [7, 11) is 0. The van der Waals surface area contributed by atoms with E-state index in [9.17, 15) is 4.79 Å². The average Bonchev–Trinajstić information content (AvgIpc) is 2.45. The van der Waals surface area contributed by atoms with Crippen molar-refractivity contribution in [2.75, 3.05) is 0 Å². The van der Waals surface area contributed by atoms with Gasteiger partial charge in [-0.3, -0.25) is 9.78 Å². The summed E-state index contributed by atoms with van der Waals surface area (Å²) in [5, 5.41) is 11.7. The molecule has 2 aromatic rings. The second-order valence-corrected chi connectivity index (χ2v) is 4.20. The van der Waals surface area contributed by atoms with Crippen molar-refractivity contribution in [3.8, 4) is 6.07 Å². The smallest absolute Gasteiger partial charge is 0.254 e. The number of pyridine rings is 1. The quantitative estimate of drug-likeness (QED) is 0.909. The molecule has 0 saturated heterocycles. The number of hydrogen-bond donors (Lipinski definition) is 1. The number of aromatic nitrogens is 1. The highest BCUT2D eigenvalue weighted by Gasteiger charge is 2.10. The van der Waals surface area contributed by atoms with E-state index in [1.165, 1.54) is 18.5 Å². The maximum absolute atomic E-state index is 12.0. The fourth-order valence-corrected chi connectivity index (χ4v) is 1.77. The summed E-state index contributed by atoms with van der Waals surface area (Å²) in [6.07, 6.45) is 2.90. The fourth-order valence-electron chi connectivity index (χ4n) is 1.77. The van der Waals surface area contributed by atoms with Gasteiger partial charge in [-0.1, -0.05) is 29.8 Å². The molecule has 1 heterocycles. The molecule has 94 valence electrons. The van der Waals surface area contributed by atoms with E-state index in [1.54, 1.807) is 0 Å². The number of benzene rings is 1. The summed E-state index contributed by atoms with van der Waals surface area (Å²) >= 11 is 0. The lowest BCUT2D eigenvalue weighted by molar-refractivity contribution is 0.0950. The lowest BCUT2D eigenvalue weighted by Gasteiger charge is -2.06. The van der Waals surface area contributed by atoms with Crippen LogP contribution in [0.25, 0.3) is 0 Å². The van der Waals surface area contributed by atoms with Gasteiger partial charge in [0.15, 0.2) is 0 Å². The lowest BCUT2D eigenvalue weighted by Crippen LogP contribution is -2.23. The molecule has 0 aliphatic rings. The molecule has 0 unspecified atom stereocenters. The number of hydrogen-bond acceptors (Lipinski definition) is 3. The second-order valence-electron chi connectivity index (χ2n) is 4.20. The number of rotatable bonds is 3. The Labute approximate surface area is 111 Å². The number of carbonyl (C=O) groups excluding carboxylic acids is 1. The molecule has 0 radical (unpaired) electrons. The van der Waals surface area contributed by atoms with Gasteiger partial charge in [0.25, 0.3) is 5.91 Å². The number of nitrogens with one attached hydrogen (secondary N) is 1. The third-order valence-electron chi connectivity index (χ3n) is 2.72. The normalized spacial score (nSPS) is 9.68. The van der Waals surface area contributed by atoms with Gasteiger partial charge in [-0.2, -0.15) is 5.26 Å². The van der Waals surface area contributed by atoms with Crippen molar-refractivity contribution in [1.82, 2.24) is 10.3 Å². The first-order valence-corrected chi connectivity index (χ1v) is 5.88. The summed E-state index contributed by atoms with van der Waals surface area (Å²) in [5.74, 6) is -0.286. The van der Waals surface area contributed by atoms with Crippen LogP contribution < -0.4 is 5.32 Å². The Morgan fingerprint density at radius 3 is 3.00 bits per heavy atom. The third kappa shape index (κ3) is 3.17. The van der Waals surface area contributed by atoms with Gasteiger partial charge in [0.05, 0.1) is 11.1 Å². The molecular formula is C15H13N3O. The van der Waals surface area contributed by atoms with Crippen molar-refractivity contribution in [1.29, 1.82) is 5.26 Å². The number of nitrogens with zero attached hydrogens (tertiary/aromatic N) is 2. The average molecular weight is 251 g/mol. The molecule has 0 aliphatic carbocycles. The Kier molecular flexibility index (Phi) is 3.89. The lowest BCUT2D eigenvalue weighted by atomic mass is 10.1. The highest BCUT2D eigenvalue weighted by molar-refractivity contribution is 5.96. The number of carbonyl (C=O) groups is 1. The first kappa shape index (κ1) is 12.8. The summed E-state index contributed by atoms with van der Waals surface area (Å²) in [5.41, 5.74) is 2.80. The van der Waals surface area contributed by atoms with E-state index in [2.05, 4.69) is 10.3 Å². The topological polar surface area (TPSA) is 65.8 Å². The van der Waals surface area contributed by atoms with E-state index in [0.29, 0.717) is 17.7 Å². The Hall–Kier alpha value is -2.67. The van der Waals surface area contributed by atoms with Crippen molar-refractivity contribution >= 4 is 5.91 Å². The minimum Gasteiger partial charge on any atom is -0.348 e. The molecule has 1 N–H and O–H groups in total. The summed E-state index contributed by atoms with van der Waals surface area (Å²) in [6, 6.07) is 11.4. The molecule has 0 saturated carbocycles. The second kappa shape index (κ2) is 5.78. The minimum atomic E-state index is -0.286. The monoisotopic (exact) mass is 251 g/mol. The van der Waals surface area contributed by atoms with Crippen molar-refractivity contribution in [2.24, 2.45) is 0 Å².